The molecule has 3 heterocycles. The maximum Gasteiger partial charge on any atom is 0.351 e. The van der Waals surface area contributed by atoms with Gasteiger partial charge in [-0.25, -0.2) is 4.79 Å². The van der Waals surface area contributed by atoms with Gasteiger partial charge in [-0.2, -0.15) is 29.5 Å². The number of nitrogens with one attached hydrogen (secondary N) is 1. The van der Waals surface area contributed by atoms with E-state index in [9.17, 15) is 4.79 Å². The van der Waals surface area contributed by atoms with Gasteiger partial charge in [-0.3, -0.25) is 4.98 Å². The Kier molecular flexibility index (Phi) is 4.56. The molecule has 0 radical (unpaired) electrons. The fourth-order valence-electron chi connectivity index (χ4n) is 3.31. The van der Waals surface area contributed by atoms with Gasteiger partial charge in [-0.05, 0) is 13.8 Å². The highest BCUT2D eigenvalue weighted by Crippen LogP contribution is 2.30. The highest BCUT2D eigenvalue weighted by atomic mass is 16.1. The summed E-state index contributed by atoms with van der Waals surface area (Å²) in [6.45, 7) is 16.0. The van der Waals surface area contributed by atoms with Gasteiger partial charge in [0.2, 0.25) is 5.95 Å². The SMILES string of the molecule is Cc1c(C(C)(C)C)nn(-c2nc(-n3nc(C(C)(C)C)c(C)c3N)[nH]c(=O)n2)c1N. The molecule has 3 rings (SSSR count). The number of nitrogens with two attached hydrogens (primary N) is 2. The van der Waals surface area contributed by atoms with Crippen LogP contribution in [-0.2, 0) is 10.8 Å². The number of aromatic nitrogens is 7. The van der Waals surface area contributed by atoms with Crippen molar-refractivity contribution in [1.29, 1.82) is 0 Å². The van der Waals surface area contributed by atoms with Crippen LogP contribution in [0.3, 0.4) is 0 Å². The van der Waals surface area contributed by atoms with Crippen LogP contribution in [0, 0.1) is 13.8 Å². The van der Waals surface area contributed by atoms with Gasteiger partial charge in [0.1, 0.15) is 11.6 Å². The second kappa shape index (κ2) is 6.43. The van der Waals surface area contributed by atoms with E-state index in [4.69, 9.17) is 11.5 Å². The first kappa shape index (κ1) is 20.6. The fraction of sp³-hybridized carbons (Fsp3) is 0.526. The molecular weight excluding hydrogens is 370 g/mol. The van der Waals surface area contributed by atoms with Crippen molar-refractivity contribution in [2.24, 2.45) is 0 Å². The number of hydrogen-bond acceptors (Lipinski definition) is 7. The minimum atomic E-state index is -0.597. The molecule has 0 atom stereocenters. The standard InChI is InChI=1S/C19H29N9O/c1-9-11(18(3,4)5)25-27(13(9)20)15-22-16(24-17(29)23-15)28-14(21)10(2)12(26-28)19(6,7)8/h20-21H2,1-8H3,(H,22,23,24,29). The first-order valence-electron chi connectivity index (χ1n) is 9.42. The predicted molar refractivity (Wildman–Crippen MR) is 113 cm³/mol. The van der Waals surface area contributed by atoms with Crippen LogP contribution < -0.4 is 17.2 Å². The summed E-state index contributed by atoms with van der Waals surface area (Å²) in [5.74, 6) is 0.993. The molecule has 0 saturated heterocycles. The quantitative estimate of drug-likeness (QED) is 0.596. The van der Waals surface area contributed by atoms with Crippen molar-refractivity contribution < 1.29 is 0 Å². The zero-order valence-corrected chi connectivity index (χ0v) is 18.2. The summed E-state index contributed by atoms with van der Waals surface area (Å²) in [5, 5.41) is 9.15. The summed E-state index contributed by atoms with van der Waals surface area (Å²) in [6, 6.07) is 0. The largest absolute Gasteiger partial charge is 0.383 e. The third kappa shape index (κ3) is 3.50. The zero-order chi connectivity index (χ0) is 21.9. The number of anilines is 2. The second-order valence-electron chi connectivity index (χ2n) is 9.32. The lowest BCUT2D eigenvalue weighted by atomic mass is 9.90. The molecule has 0 fully saturated rings. The third-order valence-corrected chi connectivity index (χ3v) is 4.77. The van der Waals surface area contributed by atoms with Crippen molar-refractivity contribution in [1.82, 2.24) is 34.5 Å². The van der Waals surface area contributed by atoms with Crippen molar-refractivity contribution in [2.75, 3.05) is 11.5 Å². The highest BCUT2D eigenvalue weighted by molar-refractivity contribution is 5.50. The van der Waals surface area contributed by atoms with Crippen molar-refractivity contribution in [2.45, 2.75) is 66.2 Å². The maximum atomic E-state index is 12.3. The third-order valence-electron chi connectivity index (χ3n) is 4.77. The Hall–Kier alpha value is -3.17. The van der Waals surface area contributed by atoms with Crippen LogP contribution in [0.2, 0.25) is 0 Å². The Morgan fingerprint density at radius 3 is 1.69 bits per heavy atom. The van der Waals surface area contributed by atoms with E-state index >= 15 is 0 Å². The number of nitrogens with zero attached hydrogens (tertiary/aromatic N) is 6. The molecule has 5 N–H and O–H groups in total. The highest BCUT2D eigenvalue weighted by Gasteiger charge is 2.27. The van der Waals surface area contributed by atoms with Gasteiger partial charge in [0.25, 0.3) is 5.95 Å². The van der Waals surface area contributed by atoms with Crippen LogP contribution in [0.25, 0.3) is 11.9 Å². The van der Waals surface area contributed by atoms with Crippen LogP contribution in [0.5, 0.6) is 0 Å². The van der Waals surface area contributed by atoms with E-state index < -0.39 is 5.69 Å². The van der Waals surface area contributed by atoms with Gasteiger partial charge in [-0.1, -0.05) is 41.5 Å². The van der Waals surface area contributed by atoms with Gasteiger partial charge in [0.05, 0.1) is 11.4 Å². The van der Waals surface area contributed by atoms with Gasteiger partial charge in [-0.15, -0.1) is 0 Å². The number of aromatic amines is 1. The predicted octanol–water partition coefficient (Wildman–Crippen LogP) is 1.91. The average Bonchev–Trinajstić information content (AvgIpc) is 3.04. The van der Waals surface area contributed by atoms with E-state index in [0.717, 1.165) is 22.5 Å². The summed E-state index contributed by atoms with van der Waals surface area (Å²) >= 11 is 0. The van der Waals surface area contributed by atoms with Crippen molar-refractivity contribution >= 4 is 11.6 Å². The fourth-order valence-corrected chi connectivity index (χ4v) is 3.31. The lowest BCUT2D eigenvalue weighted by Gasteiger charge is -2.15. The molecule has 0 bridgehead atoms. The molecule has 0 aliphatic rings. The molecule has 3 aromatic rings. The van der Waals surface area contributed by atoms with Crippen molar-refractivity contribution in [3.8, 4) is 11.9 Å². The Balaban J connectivity index is 2.21. The first-order chi connectivity index (χ1) is 13.2. The Morgan fingerprint density at radius 1 is 0.793 bits per heavy atom. The van der Waals surface area contributed by atoms with E-state index in [-0.39, 0.29) is 22.7 Å². The molecule has 10 nitrogen and oxygen atoms in total. The molecule has 0 aliphatic heterocycles. The summed E-state index contributed by atoms with van der Waals surface area (Å²) in [7, 11) is 0. The van der Waals surface area contributed by atoms with Gasteiger partial charge in [0.15, 0.2) is 0 Å². The Morgan fingerprint density at radius 2 is 1.24 bits per heavy atom. The molecule has 156 valence electrons. The van der Waals surface area contributed by atoms with Crippen molar-refractivity contribution in [3.05, 3.63) is 33.0 Å². The maximum absolute atomic E-state index is 12.3. The number of hydrogen-bond donors (Lipinski definition) is 3. The minimum Gasteiger partial charge on any atom is -0.383 e. The molecular formula is C19H29N9O. The lowest BCUT2D eigenvalue weighted by Crippen LogP contribution is -2.22. The van der Waals surface area contributed by atoms with Crippen LogP contribution in [0.1, 0.15) is 64.1 Å². The smallest absolute Gasteiger partial charge is 0.351 e. The van der Waals surface area contributed by atoms with E-state index in [1.54, 1.807) is 0 Å². The second-order valence-corrected chi connectivity index (χ2v) is 9.32. The normalized spacial score (nSPS) is 12.6. The first-order valence-corrected chi connectivity index (χ1v) is 9.42. The molecule has 0 aliphatic carbocycles. The summed E-state index contributed by atoms with van der Waals surface area (Å²) in [5.41, 5.74) is 14.8. The van der Waals surface area contributed by atoms with Crippen LogP contribution in [0.4, 0.5) is 11.6 Å². The molecule has 10 heteroatoms. The summed E-state index contributed by atoms with van der Waals surface area (Å²) in [6.07, 6.45) is 0. The van der Waals surface area contributed by atoms with E-state index in [0.29, 0.717) is 11.6 Å². The van der Waals surface area contributed by atoms with Gasteiger partial charge < -0.3 is 11.5 Å². The minimum absolute atomic E-state index is 0.0599. The molecule has 0 saturated carbocycles. The van der Waals surface area contributed by atoms with E-state index in [1.807, 2.05) is 55.4 Å². The summed E-state index contributed by atoms with van der Waals surface area (Å²) in [4.78, 5) is 23.3. The number of nitrogen functional groups attached to an aromatic ring is 2. The van der Waals surface area contributed by atoms with Gasteiger partial charge in [0, 0.05) is 22.0 Å². The van der Waals surface area contributed by atoms with Crippen molar-refractivity contribution in [3.63, 3.8) is 0 Å². The lowest BCUT2D eigenvalue weighted by molar-refractivity contribution is 0.552. The molecule has 29 heavy (non-hydrogen) atoms. The van der Waals surface area contributed by atoms with Crippen LogP contribution >= 0.6 is 0 Å². The van der Waals surface area contributed by atoms with E-state index in [1.165, 1.54) is 9.36 Å². The molecule has 0 unspecified atom stereocenters. The monoisotopic (exact) mass is 399 g/mol. The number of H-pyrrole nitrogens is 1. The van der Waals surface area contributed by atoms with Gasteiger partial charge >= 0.3 is 5.69 Å². The van der Waals surface area contributed by atoms with Crippen LogP contribution in [0.15, 0.2) is 4.79 Å². The Labute approximate surface area is 169 Å². The zero-order valence-electron chi connectivity index (χ0n) is 18.2. The van der Waals surface area contributed by atoms with E-state index in [2.05, 4.69) is 25.1 Å². The molecule has 3 aromatic heterocycles. The average molecular weight is 400 g/mol. The Bertz CT molecular complexity index is 1050. The summed E-state index contributed by atoms with van der Waals surface area (Å²) < 4.78 is 2.80. The molecule has 0 spiro atoms. The molecule has 0 aromatic carbocycles. The number of rotatable bonds is 2. The molecule has 0 amide bonds. The topological polar surface area (TPSA) is 146 Å². The van der Waals surface area contributed by atoms with Crippen LogP contribution in [-0.4, -0.2) is 34.5 Å².